The molecule has 1 aromatic carbocycles. The molecule has 5 nitrogen and oxygen atoms in total. The molecule has 2 rings (SSSR count). The highest BCUT2D eigenvalue weighted by atomic mass is 32.1. The van der Waals surface area contributed by atoms with E-state index >= 15 is 0 Å². The first-order chi connectivity index (χ1) is 8.91. The van der Waals surface area contributed by atoms with Gasteiger partial charge >= 0.3 is 5.69 Å². The summed E-state index contributed by atoms with van der Waals surface area (Å²) in [6, 6.07) is 1.54. The molecule has 2 aromatic rings. The minimum absolute atomic E-state index is 0.107. The Morgan fingerprint density at radius 3 is 2.63 bits per heavy atom. The third-order valence-electron chi connectivity index (χ3n) is 2.33. The standard InChI is InChI=1S/C11H6F2N2O3S/c1-5(16)8-4-14-11(19-8)9-6(12)2-3-7(10(9)13)15(17)18/h2-4H,1H3. The SMILES string of the molecule is CC(=O)c1cnc(-c2c(F)ccc([N+](=O)[O-])c2F)s1. The van der Waals surface area contributed by atoms with Gasteiger partial charge < -0.3 is 0 Å². The van der Waals surface area contributed by atoms with Gasteiger partial charge in [-0.25, -0.2) is 9.37 Å². The summed E-state index contributed by atoms with van der Waals surface area (Å²) in [6.07, 6.45) is 1.18. The fourth-order valence-corrected chi connectivity index (χ4v) is 2.28. The first kappa shape index (κ1) is 13.2. The van der Waals surface area contributed by atoms with Crippen LogP contribution in [0.2, 0.25) is 0 Å². The van der Waals surface area contributed by atoms with E-state index < -0.39 is 27.8 Å². The summed E-state index contributed by atoms with van der Waals surface area (Å²) < 4.78 is 27.5. The normalized spacial score (nSPS) is 10.5. The Labute approximate surface area is 109 Å². The summed E-state index contributed by atoms with van der Waals surface area (Å²) in [7, 11) is 0. The maximum atomic E-state index is 13.9. The summed E-state index contributed by atoms with van der Waals surface area (Å²) in [5.74, 6) is -2.56. The van der Waals surface area contributed by atoms with Gasteiger partial charge in [0.2, 0.25) is 5.82 Å². The third-order valence-corrected chi connectivity index (χ3v) is 3.45. The van der Waals surface area contributed by atoms with Gasteiger partial charge in [0.15, 0.2) is 5.78 Å². The third kappa shape index (κ3) is 2.34. The van der Waals surface area contributed by atoms with Gasteiger partial charge in [-0.2, -0.15) is 4.39 Å². The lowest BCUT2D eigenvalue weighted by Gasteiger charge is -2.01. The van der Waals surface area contributed by atoms with Crippen LogP contribution in [0.25, 0.3) is 10.6 Å². The zero-order valence-electron chi connectivity index (χ0n) is 9.52. The van der Waals surface area contributed by atoms with Gasteiger partial charge in [0.25, 0.3) is 0 Å². The Kier molecular flexibility index (Phi) is 3.34. The fraction of sp³-hybridized carbons (Fsp3) is 0.0909. The van der Waals surface area contributed by atoms with Gasteiger partial charge in [-0.05, 0) is 6.07 Å². The monoisotopic (exact) mass is 284 g/mol. The van der Waals surface area contributed by atoms with E-state index in [-0.39, 0.29) is 15.7 Å². The topological polar surface area (TPSA) is 73.1 Å². The van der Waals surface area contributed by atoms with Crippen LogP contribution in [-0.2, 0) is 0 Å². The Morgan fingerprint density at radius 2 is 2.11 bits per heavy atom. The maximum absolute atomic E-state index is 13.9. The number of carbonyl (C=O) groups is 1. The zero-order chi connectivity index (χ0) is 14.2. The largest absolute Gasteiger partial charge is 0.305 e. The molecule has 1 aromatic heterocycles. The summed E-state index contributed by atoms with van der Waals surface area (Å²) in [5.41, 5.74) is -1.43. The molecule has 0 spiro atoms. The molecule has 0 fully saturated rings. The van der Waals surface area contributed by atoms with E-state index in [2.05, 4.69) is 4.98 Å². The van der Waals surface area contributed by atoms with Crippen molar-refractivity contribution in [1.29, 1.82) is 0 Å². The predicted octanol–water partition coefficient (Wildman–Crippen LogP) is 3.20. The second-order valence-corrected chi connectivity index (χ2v) is 4.63. The van der Waals surface area contributed by atoms with E-state index in [1.54, 1.807) is 0 Å². The first-order valence-corrected chi connectivity index (χ1v) is 5.83. The van der Waals surface area contributed by atoms with E-state index in [9.17, 15) is 23.7 Å². The van der Waals surface area contributed by atoms with Gasteiger partial charge in [0.05, 0.1) is 15.4 Å². The maximum Gasteiger partial charge on any atom is 0.305 e. The lowest BCUT2D eigenvalue weighted by molar-refractivity contribution is -0.387. The Balaban J connectivity index is 2.63. The van der Waals surface area contributed by atoms with Crippen LogP contribution in [0.5, 0.6) is 0 Å². The van der Waals surface area contributed by atoms with Crippen LogP contribution in [-0.4, -0.2) is 15.7 Å². The van der Waals surface area contributed by atoms with Gasteiger partial charge in [0.1, 0.15) is 10.8 Å². The molecule has 98 valence electrons. The van der Waals surface area contributed by atoms with Crippen molar-refractivity contribution in [1.82, 2.24) is 4.98 Å². The van der Waals surface area contributed by atoms with Crippen molar-refractivity contribution in [3.63, 3.8) is 0 Å². The smallest absolute Gasteiger partial charge is 0.294 e. The van der Waals surface area contributed by atoms with E-state index in [4.69, 9.17) is 0 Å². The van der Waals surface area contributed by atoms with Crippen LogP contribution in [0.15, 0.2) is 18.3 Å². The number of rotatable bonds is 3. The van der Waals surface area contributed by atoms with Crippen LogP contribution in [0.4, 0.5) is 14.5 Å². The van der Waals surface area contributed by atoms with Crippen molar-refractivity contribution in [3.05, 3.63) is 45.0 Å². The summed E-state index contributed by atoms with van der Waals surface area (Å²) in [5, 5.41) is 10.5. The van der Waals surface area contributed by atoms with Crippen LogP contribution in [0.3, 0.4) is 0 Å². The molecule has 0 saturated heterocycles. The molecule has 0 aliphatic carbocycles. The lowest BCUT2D eigenvalue weighted by atomic mass is 10.2. The van der Waals surface area contributed by atoms with Crippen molar-refractivity contribution in [2.24, 2.45) is 0 Å². The Bertz CT molecular complexity index is 685. The molecular formula is C11H6F2N2O3S. The number of aromatic nitrogens is 1. The molecule has 0 N–H and O–H groups in total. The summed E-state index contributed by atoms with van der Waals surface area (Å²) in [6.45, 7) is 1.29. The van der Waals surface area contributed by atoms with Crippen molar-refractivity contribution in [2.45, 2.75) is 6.92 Å². The van der Waals surface area contributed by atoms with E-state index in [0.29, 0.717) is 0 Å². The minimum atomic E-state index is -1.30. The van der Waals surface area contributed by atoms with Gasteiger partial charge in [0, 0.05) is 19.2 Å². The number of halogens is 2. The molecule has 0 atom stereocenters. The second-order valence-electron chi connectivity index (χ2n) is 3.60. The molecule has 0 radical (unpaired) electrons. The van der Waals surface area contributed by atoms with Crippen molar-refractivity contribution in [3.8, 4) is 10.6 Å². The number of benzene rings is 1. The molecular weight excluding hydrogens is 278 g/mol. The van der Waals surface area contributed by atoms with Gasteiger partial charge in [-0.15, -0.1) is 11.3 Å². The fourth-order valence-electron chi connectivity index (χ4n) is 1.43. The molecule has 19 heavy (non-hydrogen) atoms. The van der Waals surface area contributed by atoms with Crippen molar-refractivity contribution < 1.29 is 18.5 Å². The quantitative estimate of drug-likeness (QED) is 0.493. The number of ketones is 1. The predicted molar refractivity (Wildman–Crippen MR) is 64.1 cm³/mol. The summed E-state index contributed by atoms with van der Waals surface area (Å²) in [4.78, 5) is 24.7. The van der Waals surface area contributed by atoms with Gasteiger partial charge in [-0.3, -0.25) is 14.9 Å². The highest BCUT2D eigenvalue weighted by molar-refractivity contribution is 7.16. The molecule has 0 aliphatic rings. The van der Waals surface area contributed by atoms with E-state index in [1.165, 1.54) is 13.1 Å². The number of hydrogen-bond donors (Lipinski definition) is 0. The second kappa shape index (κ2) is 4.81. The van der Waals surface area contributed by atoms with Crippen molar-refractivity contribution >= 4 is 22.8 Å². The van der Waals surface area contributed by atoms with Crippen molar-refractivity contribution in [2.75, 3.05) is 0 Å². The number of thiazole rings is 1. The van der Waals surface area contributed by atoms with Crippen LogP contribution < -0.4 is 0 Å². The Morgan fingerprint density at radius 1 is 1.42 bits per heavy atom. The van der Waals surface area contributed by atoms with E-state index in [0.717, 1.165) is 23.5 Å². The molecule has 0 unspecified atom stereocenters. The minimum Gasteiger partial charge on any atom is -0.294 e. The zero-order valence-corrected chi connectivity index (χ0v) is 10.3. The number of Topliss-reactive ketones (excluding diaryl/α,β-unsaturated/α-hetero) is 1. The molecule has 8 heteroatoms. The summed E-state index contributed by atoms with van der Waals surface area (Å²) >= 11 is 0.780. The number of hydrogen-bond acceptors (Lipinski definition) is 5. The Hall–Kier alpha value is -2.22. The number of nitro groups is 1. The molecule has 1 heterocycles. The van der Waals surface area contributed by atoms with E-state index in [1.807, 2.05) is 0 Å². The average molecular weight is 284 g/mol. The number of nitrogens with zero attached hydrogens (tertiary/aromatic N) is 2. The molecule has 0 saturated carbocycles. The number of carbonyl (C=O) groups excluding carboxylic acids is 1. The molecule has 0 amide bonds. The molecule has 0 aliphatic heterocycles. The van der Waals surface area contributed by atoms with Crippen LogP contribution >= 0.6 is 11.3 Å². The lowest BCUT2D eigenvalue weighted by Crippen LogP contribution is -1.97. The van der Waals surface area contributed by atoms with Crippen LogP contribution in [0, 0.1) is 21.7 Å². The molecule has 0 bridgehead atoms. The average Bonchev–Trinajstić information content (AvgIpc) is 2.78. The van der Waals surface area contributed by atoms with Gasteiger partial charge in [-0.1, -0.05) is 0 Å². The highest BCUT2D eigenvalue weighted by Gasteiger charge is 2.24. The first-order valence-electron chi connectivity index (χ1n) is 5.01. The highest BCUT2D eigenvalue weighted by Crippen LogP contribution is 2.34. The van der Waals surface area contributed by atoms with Crippen LogP contribution in [0.1, 0.15) is 16.6 Å². The number of nitro benzene ring substituents is 1.